The fourth-order valence-electron chi connectivity index (χ4n) is 6.10. The minimum Gasteiger partial charge on any atom is -0.469 e. The molecule has 23 heavy (non-hydrogen) atoms. The smallest absolute Gasteiger partial charge is 0.311 e. The van der Waals surface area contributed by atoms with Gasteiger partial charge in [0.15, 0.2) is 0 Å². The average Bonchev–Trinajstić information content (AvgIpc) is 2.53. The van der Waals surface area contributed by atoms with Gasteiger partial charge in [-0.25, -0.2) is 0 Å². The van der Waals surface area contributed by atoms with E-state index < -0.39 is 0 Å². The second-order valence-electron chi connectivity index (χ2n) is 9.04. The van der Waals surface area contributed by atoms with E-state index in [4.69, 9.17) is 4.74 Å². The molecule has 2 fully saturated rings. The van der Waals surface area contributed by atoms with Crippen LogP contribution in [0.4, 0.5) is 0 Å². The Kier molecular flexibility index (Phi) is 4.15. The number of aliphatic hydroxyl groups excluding tert-OH is 1. The highest BCUT2D eigenvalue weighted by Crippen LogP contribution is 2.63. The topological polar surface area (TPSA) is 46.5 Å². The molecule has 3 aliphatic rings. The first kappa shape index (κ1) is 17.0. The second kappa shape index (κ2) is 5.61. The van der Waals surface area contributed by atoms with Gasteiger partial charge < -0.3 is 9.84 Å². The number of methoxy groups -OCH3 is 1. The van der Waals surface area contributed by atoms with Gasteiger partial charge in [0.25, 0.3) is 0 Å². The molecule has 2 saturated carbocycles. The quantitative estimate of drug-likeness (QED) is 0.615. The summed E-state index contributed by atoms with van der Waals surface area (Å²) in [5.41, 5.74) is 1.40. The molecule has 0 heterocycles. The van der Waals surface area contributed by atoms with Crippen molar-refractivity contribution in [3.05, 3.63) is 11.6 Å². The van der Waals surface area contributed by atoms with Crippen molar-refractivity contribution in [2.24, 2.45) is 28.1 Å². The summed E-state index contributed by atoms with van der Waals surface area (Å²) >= 11 is 0. The molecule has 0 aromatic carbocycles. The van der Waals surface area contributed by atoms with Gasteiger partial charge in [0.1, 0.15) is 0 Å². The highest BCUT2D eigenvalue weighted by Gasteiger charge is 2.58. The third kappa shape index (κ3) is 2.47. The molecule has 3 aliphatic carbocycles. The summed E-state index contributed by atoms with van der Waals surface area (Å²) in [6, 6.07) is 0. The minimum absolute atomic E-state index is 0.0246. The first-order chi connectivity index (χ1) is 10.8. The number of esters is 1. The largest absolute Gasteiger partial charge is 0.469 e. The number of carbonyl (C=O) groups is 1. The number of rotatable bonds is 2. The average molecular weight is 320 g/mol. The number of carbonyl (C=O) groups excluding carboxylic acids is 1. The standard InChI is InChI=1S/C20H32O3/c1-18(13-21)11-8-15-14(12-18)6-7-16-19(15,2)9-5-10-20(16,3)17(22)23-4/h8,14,16,21H,5-7,9-13H2,1-4H3. The van der Waals surface area contributed by atoms with Gasteiger partial charge in [-0.15, -0.1) is 0 Å². The normalized spacial score (nSPS) is 46.4. The van der Waals surface area contributed by atoms with E-state index in [2.05, 4.69) is 26.8 Å². The Morgan fingerprint density at radius 1 is 1.30 bits per heavy atom. The van der Waals surface area contributed by atoms with Crippen LogP contribution >= 0.6 is 0 Å². The Bertz CT molecular complexity index is 525. The Morgan fingerprint density at radius 2 is 2.04 bits per heavy atom. The molecule has 0 aromatic heterocycles. The Morgan fingerprint density at radius 3 is 2.70 bits per heavy atom. The molecule has 5 unspecified atom stereocenters. The lowest BCUT2D eigenvalue weighted by molar-refractivity contribution is -0.164. The fourth-order valence-corrected chi connectivity index (χ4v) is 6.10. The number of hydrogen-bond acceptors (Lipinski definition) is 3. The Hall–Kier alpha value is -0.830. The van der Waals surface area contributed by atoms with Gasteiger partial charge >= 0.3 is 5.97 Å². The first-order valence-corrected chi connectivity index (χ1v) is 9.19. The van der Waals surface area contributed by atoms with Crippen LogP contribution in [0, 0.1) is 28.1 Å². The number of fused-ring (bicyclic) bond motifs is 3. The van der Waals surface area contributed by atoms with Crippen molar-refractivity contribution >= 4 is 5.97 Å². The molecular weight excluding hydrogens is 288 g/mol. The van der Waals surface area contributed by atoms with Crippen LogP contribution in [0.5, 0.6) is 0 Å². The summed E-state index contributed by atoms with van der Waals surface area (Å²) in [5.74, 6) is 0.947. The van der Waals surface area contributed by atoms with Crippen molar-refractivity contribution in [1.29, 1.82) is 0 Å². The van der Waals surface area contributed by atoms with E-state index in [1.165, 1.54) is 13.5 Å². The van der Waals surface area contributed by atoms with Gasteiger partial charge in [-0.2, -0.15) is 0 Å². The molecule has 0 amide bonds. The van der Waals surface area contributed by atoms with Crippen LogP contribution in [0.2, 0.25) is 0 Å². The zero-order chi connectivity index (χ0) is 16.9. The number of aliphatic hydroxyl groups is 1. The molecule has 0 aromatic rings. The van der Waals surface area contributed by atoms with Crippen LogP contribution in [-0.2, 0) is 9.53 Å². The second-order valence-corrected chi connectivity index (χ2v) is 9.04. The molecule has 130 valence electrons. The molecular formula is C20H32O3. The van der Waals surface area contributed by atoms with E-state index in [1.807, 2.05) is 0 Å². The summed E-state index contributed by atoms with van der Waals surface area (Å²) in [4.78, 5) is 12.5. The predicted octanol–water partition coefficient (Wildman–Crippen LogP) is 4.10. The number of ether oxygens (including phenoxy) is 1. The number of allylic oxidation sites excluding steroid dienone is 2. The molecule has 0 bridgehead atoms. The maximum absolute atomic E-state index is 12.5. The van der Waals surface area contributed by atoms with Crippen molar-refractivity contribution in [2.45, 2.75) is 65.7 Å². The third-order valence-corrected chi connectivity index (χ3v) is 7.42. The van der Waals surface area contributed by atoms with Gasteiger partial charge in [-0.1, -0.05) is 31.9 Å². The predicted molar refractivity (Wildman–Crippen MR) is 90.8 cm³/mol. The molecule has 3 heteroatoms. The van der Waals surface area contributed by atoms with Gasteiger partial charge in [0, 0.05) is 6.61 Å². The lowest BCUT2D eigenvalue weighted by Gasteiger charge is -2.58. The van der Waals surface area contributed by atoms with E-state index >= 15 is 0 Å². The lowest BCUT2D eigenvalue weighted by atomic mass is 9.46. The monoisotopic (exact) mass is 320 g/mol. The van der Waals surface area contributed by atoms with Gasteiger partial charge in [0.05, 0.1) is 12.5 Å². The molecule has 0 saturated heterocycles. The molecule has 0 aliphatic heterocycles. The highest BCUT2D eigenvalue weighted by atomic mass is 16.5. The van der Waals surface area contributed by atoms with E-state index in [1.54, 1.807) is 5.57 Å². The fraction of sp³-hybridized carbons (Fsp3) is 0.850. The molecule has 3 nitrogen and oxygen atoms in total. The van der Waals surface area contributed by atoms with E-state index in [9.17, 15) is 9.90 Å². The third-order valence-electron chi connectivity index (χ3n) is 7.42. The lowest BCUT2D eigenvalue weighted by Crippen LogP contribution is -2.53. The summed E-state index contributed by atoms with van der Waals surface area (Å²) in [6.07, 6.45) is 9.95. The zero-order valence-electron chi connectivity index (χ0n) is 15.2. The van der Waals surface area contributed by atoms with Crippen LogP contribution in [0.25, 0.3) is 0 Å². The van der Waals surface area contributed by atoms with Gasteiger partial charge in [-0.3, -0.25) is 4.79 Å². The van der Waals surface area contributed by atoms with Crippen LogP contribution in [0.15, 0.2) is 11.6 Å². The van der Waals surface area contributed by atoms with Crippen molar-refractivity contribution in [3.63, 3.8) is 0 Å². The van der Waals surface area contributed by atoms with Crippen molar-refractivity contribution < 1.29 is 14.6 Å². The van der Waals surface area contributed by atoms with Crippen molar-refractivity contribution in [3.8, 4) is 0 Å². The maximum Gasteiger partial charge on any atom is 0.311 e. The molecule has 0 spiro atoms. The van der Waals surface area contributed by atoms with Gasteiger partial charge in [0.2, 0.25) is 0 Å². The SMILES string of the molecule is COC(=O)C1(C)CCCC2(C)C3=CCC(C)(CO)CC3CCC12. The maximum atomic E-state index is 12.5. The molecule has 1 N–H and O–H groups in total. The van der Waals surface area contributed by atoms with Gasteiger partial charge in [-0.05, 0) is 68.1 Å². The zero-order valence-corrected chi connectivity index (χ0v) is 15.2. The molecule has 5 atom stereocenters. The van der Waals surface area contributed by atoms with Crippen molar-refractivity contribution in [2.75, 3.05) is 13.7 Å². The minimum atomic E-state index is -0.342. The van der Waals surface area contributed by atoms with Crippen LogP contribution < -0.4 is 0 Å². The molecule has 3 rings (SSSR count). The number of hydrogen-bond donors (Lipinski definition) is 1. The summed E-state index contributed by atoms with van der Waals surface area (Å²) in [5, 5.41) is 9.73. The van der Waals surface area contributed by atoms with Crippen molar-refractivity contribution in [1.82, 2.24) is 0 Å². The summed E-state index contributed by atoms with van der Waals surface area (Å²) in [7, 11) is 1.53. The van der Waals surface area contributed by atoms with Crippen LogP contribution in [-0.4, -0.2) is 24.8 Å². The first-order valence-electron chi connectivity index (χ1n) is 9.19. The van der Waals surface area contributed by atoms with Crippen LogP contribution in [0.1, 0.15) is 65.7 Å². The Labute approximate surface area is 140 Å². The Balaban J connectivity index is 1.96. The highest BCUT2D eigenvalue weighted by molar-refractivity contribution is 5.77. The van der Waals surface area contributed by atoms with E-state index in [0.29, 0.717) is 11.8 Å². The molecule has 0 radical (unpaired) electrons. The van der Waals surface area contributed by atoms with E-state index in [0.717, 1.165) is 38.5 Å². The van der Waals surface area contributed by atoms with E-state index in [-0.39, 0.29) is 28.8 Å². The van der Waals surface area contributed by atoms with Crippen LogP contribution in [0.3, 0.4) is 0 Å². The summed E-state index contributed by atoms with van der Waals surface area (Å²) in [6.45, 7) is 6.99. The summed E-state index contributed by atoms with van der Waals surface area (Å²) < 4.78 is 5.18.